The molecular weight excluding hydrogens is 400 g/mol. The van der Waals surface area contributed by atoms with Gasteiger partial charge in [-0.1, -0.05) is 12.1 Å². The topological polar surface area (TPSA) is 97.3 Å². The molecule has 1 aliphatic heterocycles. The molecule has 1 saturated heterocycles. The number of ether oxygens (including phenoxy) is 3. The van der Waals surface area contributed by atoms with E-state index < -0.39 is 12.1 Å². The highest BCUT2D eigenvalue weighted by molar-refractivity contribution is 6.04. The third-order valence-electron chi connectivity index (χ3n) is 5.14. The fraction of sp³-hybridized carbons (Fsp3) is 0.391. The van der Waals surface area contributed by atoms with Crippen molar-refractivity contribution >= 4 is 17.5 Å². The number of carbonyl (C=O) groups is 2. The zero-order valence-electron chi connectivity index (χ0n) is 17.7. The van der Waals surface area contributed by atoms with E-state index in [0.717, 1.165) is 0 Å². The molecule has 1 aliphatic rings. The van der Waals surface area contributed by atoms with Crippen LogP contribution in [0.4, 0.5) is 5.69 Å². The van der Waals surface area contributed by atoms with Crippen LogP contribution in [0.15, 0.2) is 48.5 Å². The van der Waals surface area contributed by atoms with Gasteiger partial charge in [-0.15, -0.1) is 0 Å². The molecule has 2 atom stereocenters. The van der Waals surface area contributed by atoms with E-state index in [1.807, 2.05) is 6.92 Å². The maximum absolute atomic E-state index is 12.4. The number of anilines is 1. The van der Waals surface area contributed by atoms with Crippen molar-refractivity contribution in [2.45, 2.75) is 19.1 Å². The Morgan fingerprint density at radius 1 is 1.23 bits per heavy atom. The second-order valence-electron chi connectivity index (χ2n) is 7.12. The van der Waals surface area contributed by atoms with Gasteiger partial charge in [-0.25, -0.2) is 0 Å². The predicted molar refractivity (Wildman–Crippen MR) is 115 cm³/mol. The van der Waals surface area contributed by atoms with Crippen molar-refractivity contribution in [1.82, 2.24) is 4.90 Å². The van der Waals surface area contributed by atoms with Gasteiger partial charge in [-0.2, -0.15) is 0 Å². The molecule has 166 valence electrons. The highest BCUT2D eigenvalue weighted by Gasteiger charge is 2.34. The van der Waals surface area contributed by atoms with Crippen LogP contribution in [0.2, 0.25) is 0 Å². The molecular formula is C23H28N2O6. The zero-order chi connectivity index (χ0) is 22.2. The molecule has 1 heterocycles. The molecule has 1 fully saturated rings. The molecule has 2 amide bonds. The van der Waals surface area contributed by atoms with Crippen LogP contribution in [-0.2, 0) is 14.3 Å². The van der Waals surface area contributed by atoms with Crippen molar-refractivity contribution in [1.29, 1.82) is 0 Å². The fourth-order valence-electron chi connectivity index (χ4n) is 3.42. The Balaban J connectivity index is 1.64. The van der Waals surface area contributed by atoms with Crippen LogP contribution in [0.25, 0.3) is 0 Å². The number of carbonyl (C=O) groups excluding carboxylic acids is 2. The average molecular weight is 428 g/mol. The molecule has 2 unspecified atom stereocenters. The Morgan fingerprint density at radius 3 is 2.58 bits per heavy atom. The number of benzene rings is 2. The van der Waals surface area contributed by atoms with E-state index in [0.29, 0.717) is 42.3 Å². The molecule has 0 aromatic heterocycles. The van der Waals surface area contributed by atoms with Crippen molar-refractivity contribution in [3.8, 4) is 5.75 Å². The number of rotatable bonds is 9. The third-order valence-corrected chi connectivity index (χ3v) is 5.14. The number of aliphatic hydroxyl groups is 1. The summed E-state index contributed by atoms with van der Waals surface area (Å²) in [5, 5.41) is 13.7. The van der Waals surface area contributed by atoms with Crippen LogP contribution in [0, 0.1) is 0 Å². The number of amides is 2. The van der Waals surface area contributed by atoms with Crippen LogP contribution in [0.1, 0.15) is 28.9 Å². The molecule has 2 aromatic carbocycles. The second-order valence-corrected chi connectivity index (χ2v) is 7.12. The van der Waals surface area contributed by atoms with Crippen molar-refractivity contribution < 1.29 is 28.9 Å². The molecule has 0 bridgehead atoms. The van der Waals surface area contributed by atoms with Crippen LogP contribution in [0.3, 0.4) is 0 Å². The van der Waals surface area contributed by atoms with Crippen LogP contribution in [0.5, 0.6) is 5.75 Å². The molecule has 2 N–H and O–H groups in total. The van der Waals surface area contributed by atoms with E-state index in [-0.39, 0.29) is 25.0 Å². The van der Waals surface area contributed by atoms with Gasteiger partial charge in [0.25, 0.3) is 5.91 Å². The van der Waals surface area contributed by atoms with Crippen LogP contribution >= 0.6 is 0 Å². The summed E-state index contributed by atoms with van der Waals surface area (Å²) < 4.78 is 15.8. The monoisotopic (exact) mass is 428 g/mol. The van der Waals surface area contributed by atoms with Crippen molar-refractivity contribution in [2.24, 2.45) is 0 Å². The lowest BCUT2D eigenvalue weighted by Crippen LogP contribution is -2.53. The maximum Gasteiger partial charge on any atom is 0.255 e. The van der Waals surface area contributed by atoms with Gasteiger partial charge in [0.2, 0.25) is 5.91 Å². The number of methoxy groups -OCH3 is 1. The largest absolute Gasteiger partial charge is 0.497 e. The minimum Gasteiger partial charge on any atom is -0.497 e. The molecule has 8 heteroatoms. The van der Waals surface area contributed by atoms with Gasteiger partial charge in [0, 0.05) is 24.4 Å². The van der Waals surface area contributed by atoms with Gasteiger partial charge < -0.3 is 29.5 Å². The van der Waals surface area contributed by atoms with Gasteiger partial charge in [0.1, 0.15) is 18.5 Å². The summed E-state index contributed by atoms with van der Waals surface area (Å²) >= 11 is 0. The first-order valence-electron chi connectivity index (χ1n) is 10.2. The molecule has 31 heavy (non-hydrogen) atoms. The Hall–Kier alpha value is -2.94. The number of nitrogens with one attached hydrogen (secondary N) is 1. The first-order valence-corrected chi connectivity index (χ1v) is 10.2. The Labute approximate surface area is 181 Å². The summed E-state index contributed by atoms with van der Waals surface area (Å²) in [6.07, 6.45) is -0.919. The summed E-state index contributed by atoms with van der Waals surface area (Å²) in [7, 11) is 1.57. The molecule has 8 nitrogen and oxygen atoms in total. The maximum atomic E-state index is 12.4. The summed E-state index contributed by atoms with van der Waals surface area (Å²) in [5.74, 6) is 0.262. The lowest BCUT2D eigenvalue weighted by Gasteiger charge is -2.38. The lowest BCUT2D eigenvalue weighted by molar-refractivity contribution is -0.155. The highest BCUT2D eigenvalue weighted by Crippen LogP contribution is 2.25. The fourth-order valence-corrected chi connectivity index (χ4v) is 3.42. The van der Waals surface area contributed by atoms with Gasteiger partial charge in [-0.05, 0) is 48.9 Å². The Morgan fingerprint density at radius 2 is 1.94 bits per heavy atom. The van der Waals surface area contributed by atoms with E-state index in [4.69, 9.17) is 14.2 Å². The van der Waals surface area contributed by atoms with E-state index >= 15 is 0 Å². The quantitative estimate of drug-likeness (QED) is 0.595. The van der Waals surface area contributed by atoms with Crippen molar-refractivity contribution in [3.05, 3.63) is 59.7 Å². The standard InChI is InChI=1S/C23H28N2O6/c1-3-30-13-12-25-20(14-31-15-21(25)26)22(27)16-4-8-18(9-5-16)24-23(28)17-6-10-19(29-2)11-7-17/h4-11,20,22,27H,3,12-15H2,1-2H3,(H,24,28). The minimum atomic E-state index is -0.919. The summed E-state index contributed by atoms with van der Waals surface area (Å²) in [5.41, 5.74) is 1.74. The molecule has 2 aromatic rings. The number of hydrogen-bond acceptors (Lipinski definition) is 6. The van der Waals surface area contributed by atoms with Crippen molar-refractivity contribution in [3.63, 3.8) is 0 Å². The van der Waals surface area contributed by atoms with E-state index in [1.165, 1.54) is 0 Å². The highest BCUT2D eigenvalue weighted by atomic mass is 16.5. The predicted octanol–water partition coefficient (Wildman–Crippen LogP) is 2.24. The van der Waals surface area contributed by atoms with E-state index in [9.17, 15) is 14.7 Å². The number of nitrogens with zero attached hydrogens (tertiary/aromatic N) is 1. The third kappa shape index (κ3) is 5.81. The second kappa shape index (κ2) is 10.9. The van der Waals surface area contributed by atoms with Gasteiger partial charge in [-0.3, -0.25) is 9.59 Å². The number of hydrogen-bond donors (Lipinski definition) is 2. The van der Waals surface area contributed by atoms with E-state index in [1.54, 1.807) is 60.5 Å². The number of aliphatic hydroxyl groups excluding tert-OH is 1. The summed E-state index contributed by atoms with van der Waals surface area (Å²) in [6.45, 7) is 3.51. The average Bonchev–Trinajstić information content (AvgIpc) is 2.80. The molecule has 0 saturated carbocycles. The normalized spacial score (nSPS) is 17.3. The lowest BCUT2D eigenvalue weighted by atomic mass is 10.00. The van der Waals surface area contributed by atoms with Gasteiger partial charge in [0.15, 0.2) is 0 Å². The van der Waals surface area contributed by atoms with E-state index in [2.05, 4.69) is 5.32 Å². The SMILES string of the molecule is CCOCCN1C(=O)COCC1C(O)c1ccc(NC(=O)c2ccc(OC)cc2)cc1. The summed E-state index contributed by atoms with van der Waals surface area (Å²) in [6, 6.07) is 13.2. The molecule has 0 aliphatic carbocycles. The van der Waals surface area contributed by atoms with Crippen LogP contribution in [-0.4, -0.2) is 67.9 Å². The Bertz CT molecular complexity index is 869. The first kappa shape index (κ1) is 22.7. The van der Waals surface area contributed by atoms with Crippen molar-refractivity contribution in [2.75, 3.05) is 45.4 Å². The van der Waals surface area contributed by atoms with Gasteiger partial charge >= 0.3 is 0 Å². The number of morpholine rings is 1. The molecule has 0 spiro atoms. The minimum absolute atomic E-state index is 0.00563. The van der Waals surface area contributed by atoms with Crippen LogP contribution < -0.4 is 10.1 Å². The summed E-state index contributed by atoms with van der Waals surface area (Å²) in [4.78, 5) is 26.3. The molecule has 0 radical (unpaired) electrons. The zero-order valence-corrected chi connectivity index (χ0v) is 17.7. The van der Waals surface area contributed by atoms with Gasteiger partial charge in [0.05, 0.1) is 26.4 Å². The smallest absolute Gasteiger partial charge is 0.255 e. The Kier molecular flexibility index (Phi) is 8.00. The first-order chi connectivity index (χ1) is 15.0. The molecule has 3 rings (SSSR count).